The van der Waals surface area contributed by atoms with Gasteiger partial charge in [-0.15, -0.1) is 0 Å². The quantitative estimate of drug-likeness (QED) is 0.0353. The molecule has 1 unspecified atom stereocenters. The maximum atomic E-state index is 12.9. The number of hydrogen-bond donors (Lipinski definition) is 4. The third-order valence-electron chi connectivity index (χ3n) is 14.0. The Morgan fingerprint density at radius 1 is 0.439 bits per heavy atom. The first-order chi connectivity index (χ1) is 32.4. The lowest BCUT2D eigenvalue weighted by atomic mass is 10.0. The van der Waals surface area contributed by atoms with Crippen LogP contribution in [0.25, 0.3) is 0 Å². The van der Waals surface area contributed by atoms with E-state index in [-0.39, 0.29) is 25.7 Å². The summed E-state index contributed by atoms with van der Waals surface area (Å²) >= 11 is 0. The van der Waals surface area contributed by atoms with Gasteiger partial charge in [-0.25, -0.2) is 4.57 Å². The SMILES string of the molecule is CCCCCCCCCCCCCCCCCCCCCCCCCCCCCCCCCCCCCC(=O)N[C@@H](COP(=O)(O)OCCN)[C@H](O)CCCCCCCCCCCCCC. The van der Waals surface area contributed by atoms with Gasteiger partial charge in [-0.3, -0.25) is 13.8 Å². The molecule has 8 nitrogen and oxygen atoms in total. The van der Waals surface area contributed by atoms with Crippen LogP contribution in [0.2, 0.25) is 0 Å². The molecule has 0 aromatic rings. The fourth-order valence-electron chi connectivity index (χ4n) is 9.50. The second-order valence-electron chi connectivity index (χ2n) is 20.6. The summed E-state index contributed by atoms with van der Waals surface area (Å²) in [5, 5.41) is 13.9. The van der Waals surface area contributed by atoms with Crippen molar-refractivity contribution in [1.29, 1.82) is 0 Å². The molecule has 3 atom stereocenters. The van der Waals surface area contributed by atoms with Gasteiger partial charge in [0.15, 0.2) is 0 Å². The number of hydrogen-bond acceptors (Lipinski definition) is 6. The van der Waals surface area contributed by atoms with Crippen LogP contribution in [-0.2, 0) is 18.4 Å². The molecule has 0 aromatic heterocycles. The maximum Gasteiger partial charge on any atom is 0.472 e. The highest BCUT2D eigenvalue weighted by Crippen LogP contribution is 2.43. The molecule has 9 heteroatoms. The number of nitrogens with two attached hydrogens (primary N) is 1. The van der Waals surface area contributed by atoms with E-state index < -0.39 is 20.0 Å². The largest absolute Gasteiger partial charge is 0.472 e. The summed E-state index contributed by atoms with van der Waals surface area (Å²) in [6, 6.07) is -0.768. The Morgan fingerprint density at radius 2 is 0.697 bits per heavy atom. The predicted molar refractivity (Wildman–Crippen MR) is 286 cm³/mol. The molecule has 0 fully saturated rings. The van der Waals surface area contributed by atoms with Crippen LogP contribution in [0.5, 0.6) is 0 Å². The predicted octanol–water partition coefficient (Wildman–Crippen LogP) is 18.1. The van der Waals surface area contributed by atoms with Gasteiger partial charge in [-0.05, 0) is 12.8 Å². The summed E-state index contributed by atoms with van der Waals surface area (Å²) in [6.07, 6.45) is 63.3. The third-order valence-corrected chi connectivity index (χ3v) is 14.9. The molecule has 0 aliphatic carbocycles. The van der Waals surface area contributed by atoms with E-state index >= 15 is 0 Å². The molecule has 0 spiro atoms. The zero-order valence-electron chi connectivity index (χ0n) is 44.5. The van der Waals surface area contributed by atoms with Gasteiger partial charge in [0.05, 0.1) is 25.4 Å². The number of carbonyl (C=O) groups excluding carboxylic acids is 1. The molecule has 0 radical (unpaired) electrons. The summed E-state index contributed by atoms with van der Waals surface area (Å²) < 4.78 is 22.3. The summed E-state index contributed by atoms with van der Waals surface area (Å²) in [6.45, 7) is 4.25. The number of aliphatic hydroxyl groups excluding tert-OH is 1. The van der Waals surface area contributed by atoms with E-state index in [1.54, 1.807) is 0 Å². The van der Waals surface area contributed by atoms with Gasteiger partial charge in [0.2, 0.25) is 5.91 Å². The van der Waals surface area contributed by atoms with Gasteiger partial charge in [0, 0.05) is 13.0 Å². The van der Waals surface area contributed by atoms with Crippen molar-refractivity contribution in [2.24, 2.45) is 5.73 Å². The number of aliphatic hydroxyl groups is 1. The summed E-state index contributed by atoms with van der Waals surface area (Å²) in [5.74, 6) is -0.154. The van der Waals surface area contributed by atoms with Gasteiger partial charge in [0.1, 0.15) is 0 Å². The Kier molecular flexibility index (Phi) is 53.4. The first kappa shape index (κ1) is 65.5. The summed E-state index contributed by atoms with van der Waals surface area (Å²) in [5.41, 5.74) is 5.40. The molecular formula is C57H117N2O6P. The number of amides is 1. The molecule has 0 heterocycles. The van der Waals surface area contributed by atoms with Crippen molar-refractivity contribution in [3.05, 3.63) is 0 Å². The number of phosphoric ester groups is 1. The van der Waals surface area contributed by atoms with Gasteiger partial charge < -0.3 is 21.1 Å². The minimum Gasteiger partial charge on any atom is -0.391 e. The molecule has 0 bridgehead atoms. The number of phosphoric acid groups is 1. The Hall–Kier alpha value is -0.500. The van der Waals surface area contributed by atoms with E-state index in [2.05, 4.69) is 19.2 Å². The van der Waals surface area contributed by atoms with E-state index in [4.69, 9.17) is 14.8 Å². The highest BCUT2D eigenvalue weighted by Gasteiger charge is 2.27. The van der Waals surface area contributed by atoms with Crippen LogP contribution < -0.4 is 11.1 Å². The van der Waals surface area contributed by atoms with Crippen LogP contribution in [0.3, 0.4) is 0 Å². The summed E-state index contributed by atoms with van der Waals surface area (Å²) in [7, 11) is -4.31. The second kappa shape index (κ2) is 53.8. The first-order valence-electron chi connectivity index (χ1n) is 29.7. The molecule has 396 valence electrons. The van der Waals surface area contributed by atoms with E-state index in [9.17, 15) is 19.4 Å². The average molecular weight is 958 g/mol. The van der Waals surface area contributed by atoms with Crippen LogP contribution in [0.1, 0.15) is 328 Å². The van der Waals surface area contributed by atoms with Crippen LogP contribution in [0.4, 0.5) is 0 Å². The smallest absolute Gasteiger partial charge is 0.391 e. The normalized spacial score (nSPS) is 13.6. The topological polar surface area (TPSA) is 131 Å². The van der Waals surface area contributed by atoms with Crippen molar-refractivity contribution in [2.75, 3.05) is 19.8 Å². The van der Waals surface area contributed by atoms with Crippen molar-refractivity contribution < 1.29 is 28.4 Å². The molecule has 5 N–H and O–H groups in total. The average Bonchev–Trinajstić information content (AvgIpc) is 3.31. The van der Waals surface area contributed by atoms with Gasteiger partial charge in [-0.2, -0.15) is 0 Å². The monoisotopic (exact) mass is 957 g/mol. The molecule has 0 aliphatic heterocycles. The van der Waals surface area contributed by atoms with Gasteiger partial charge >= 0.3 is 7.82 Å². The van der Waals surface area contributed by atoms with Crippen molar-refractivity contribution in [2.45, 2.75) is 341 Å². The van der Waals surface area contributed by atoms with Gasteiger partial charge in [-0.1, -0.05) is 309 Å². The van der Waals surface area contributed by atoms with Crippen molar-refractivity contribution in [3.63, 3.8) is 0 Å². The molecule has 0 saturated carbocycles. The zero-order chi connectivity index (χ0) is 48.1. The molecule has 1 amide bonds. The molecule has 66 heavy (non-hydrogen) atoms. The number of carbonyl (C=O) groups is 1. The second-order valence-corrected chi connectivity index (χ2v) is 22.0. The molecule has 0 aromatic carbocycles. The van der Waals surface area contributed by atoms with Crippen LogP contribution in [-0.4, -0.2) is 47.8 Å². The molecule has 0 saturated heterocycles. The number of nitrogens with one attached hydrogen (secondary N) is 1. The lowest BCUT2D eigenvalue weighted by Crippen LogP contribution is -2.46. The number of rotatable bonds is 57. The molecule has 0 rings (SSSR count). The lowest BCUT2D eigenvalue weighted by Gasteiger charge is -2.25. The Morgan fingerprint density at radius 3 is 0.970 bits per heavy atom. The van der Waals surface area contributed by atoms with Crippen molar-refractivity contribution in [3.8, 4) is 0 Å². The molecule has 0 aliphatic rings. The van der Waals surface area contributed by atoms with Crippen LogP contribution >= 0.6 is 7.82 Å². The third kappa shape index (κ3) is 51.4. The number of unbranched alkanes of at least 4 members (excludes halogenated alkanes) is 45. The summed E-state index contributed by atoms with van der Waals surface area (Å²) in [4.78, 5) is 22.8. The Balaban J connectivity index is 3.71. The maximum absolute atomic E-state index is 12.9. The van der Waals surface area contributed by atoms with E-state index in [0.717, 1.165) is 38.5 Å². The molecular weight excluding hydrogens is 840 g/mol. The van der Waals surface area contributed by atoms with Gasteiger partial charge in [0.25, 0.3) is 0 Å². The fraction of sp³-hybridized carbons (Fsp3) is 0.982. The minimum atomic E-state index is -4.31. The van der Waals surface area contributed by atoms with Crippen molar-refractivity contribution in [1.82, 2.24) is 5.32 Å². The van der Waals surface area contributed by atoms with E-state index in [0.29, 0.717) is 12.8 Å². The first-order valence-corrected chi connectivity index (χ1v) is 31.1. The Bertz CT molecular complexity index is 1000. The Labute approximate surface area is 412 Å². The van der Waals surface area contributed by atoms with Crippen LogP contribution in [0.15, 0.2) is 0 Å². The highest BCUT2D eigenvalue weighted by atomic mass is 31.2. The highest BCUT2D eigenvalue weighted by molar-refractivity contribution is 7.47. The standard InChI is InChI=1S/C57H117N2O6P/c1-3-5-7-9-11-13-15-17-18-19-20-21-22-23-24-25-26-27-28-29-30-31-32-33-34-35-36-37-38-39-41-43-45-47-49-51-57(61)59-55(54-65-66(62,63)64-53-52-58)56(60)50-48-46-44-42-40-16-14-12-10-8-6-4-2/h55-56,60H,3-54,58H2,1-2H3,(H,59,61)(H,62,63)/t55-,56+/m0/s1. The van der Waals surface area contributed by atoms with Crippen LogP contribution in [0, 0.1) is 0 Å². The minimum absolute atomic E-state index is 0.0927. The zero-order valence-corrected chi connectivity index (χ0v) is 45.4. The van der Waals surface area contributed by atoms with Crippen molar-refractivity contribution >= 4 is 13.7 Å². The van der Waals surface area contributed by atoms with E-state index in [1.165, 1.54) is 263 Å². The lowest BCUT2D eigenvalue weighted by molar-refractivity contribution is -0.123. The van der Waals surface area contributed by atoms with E-state index in [1.807, 2.05) is 0 Å². The fourth-order valence-corrected chi connectivity index (χ4v) is 10.3.